The minimum absolute atomic E-state index is 0.0440. The first-order valence-electron chi connectivity index (χ1n) is 10.6. The molecular formula is C23H36O4S. The standard InChI is InChI=1S/C23H36O4S/c1-4-6-9-12-19(24)16-15-18-17-21(28-5-2)23(26)20(18)13-10-7-8-11-14-22(25)27-3/h13,15-19,24H,4-12,14H2,1-3H3. The van der Waals surface area contributed by atoms with Gasteiger partial charge in [-0.15, -0.1) is 11.8 Å². The van der Waals surface area contributed by atoms with Crippen LogP contribution < -0.4 is 0 Å². The zero-order valence-electron chi connectivity index (χ0n) is 17.6. The second kappa shape index (κ2) is 14.6. The minimum Gasteiger partial charge on any atom is -0.469 e. The topological polar surface area (TPSA) is 63.6 Å². The van der Waals surface area contributed by atoms with Crippen LogP contribution in [0.4, 0.5) is 0 Å². The molecule has 0 saturated carbocycles. The van der Waals surface area contributed by atoms with Gasteiger partial charge in [-0.25, -0.2) is 0 Å². The molecule has 0 aliphatic heterocycles. The van der Waals surface area contributed by atoms with E-state index in [1.807, 2.05) is 31.2 Å². The first kappa shape index (κ1) is 24.7. The molecule has 0 aromatic rings. The van der Waals surface area contributed by atoms with Gasteiger partial charge in [-0.05, 0) is 31.4 Å². The number of aliphatic hydroxyl groups is 1. The predicted octanol–water partition coefficient (Wildman–Crippen LogP) is 5.37. The number of ether oxygens (including phenoxy) is 1. The number of hydrogen-bond donors (Lipinski definition) is 1. The summed E-state index contributed by atoms with van der Waals surface area (Å²) >= 11 is 1.58. The minimum atomic E-state index is -0.447. The first-order chi connectivity index (χ1) is 13.5. The molecule has 2 unspecified atom stereocenters. The van der Waals surface area contributed by atoms with Crippen LogP contribution in [0.15, 0.2) is 34.8 Å². The van der Waals surface area contributed by atoms with Gasteiger partial charge in [-0.1, -0.05) is 63.8 Å². The number of carbonyl (C=O) groups is 2. The average Bonchev–Trinajstić information content (AvgIpc) is 2.98. The van der Waals surface area contributed by atoms with E-state index in [0.717, 1.165) is 67.6 Å². The van der Waals surface area contributed by atoms with Crippen molar-refractivity contribution in [1.82, 2.24) is 0 Å². The van der Waals surface area contributed by atoms with E-state index in [1.165, 1.54) is 7.11 Å². The van der Waals surface area contributed by atoms with Crippen molar-refractivity contribution in [2.24, 2.45) is 5.92 Å². The van der Waals surface area contributed by atoms with Gasteiger partial charge in [0.1, 0.15) is 0 Å². The second-order valence-corrected chi connectivity index (χ2v) is 8.41. The van der Waals surface area contributed by atoms with Gasteiger partial charge in [0.2, 0.25) is 0 Å². The summed E-state index contributed by atoms with van der Waals surface area (Å²) < 4.78 is 4.65. The third-order valence-corrected chi connectivity index (χ3v) is 5.72. The zero-order valence-corrected chi connectivity index (χ0v) is 18.4. The lowest BCUT2D eigenvalue weighted by atomic mass is 9.98. The summed E-state index contributed by atoms with van der Waals surface area (Å²) in [6.45, 7) is 4.20. The number of ketones is 1. The number of rotatable bonds is 14. The van der Waals surface area contributed by atoms with Crippen molar-refractivity contribution < 1.29 is 19.4 Å². The van der Waals surface area contributed by atoms with Gasteiger partial charge in [-0.2, -0.15) is 0 Å². The summed E-state index contributed by atoms with van der Waals surface area (Å²) in [5.41, 5.74) is 0.820. The summed E-state index contributed by atoms with van der Waals surface area (Å²) in [4.78, 5) is 24.6. The molecule has 0 radical (unpaired) electrons. The Labute approximate surface area is 174 Å². The van der Waals surface area contributed by atoms with Crippen LogP contribution >= 0.6 is 11.8 Å². The lowest BCUT2D eigenvalue weighted by Gasteiger charge is -2.08. The van der Waals surface area contributed by atoms with Crippen LogP contribution in [0.3, 0.4) is 0 Å². The smallest absolute Gasteiger partial charge is 0.305 e. The molecule has 0 aromatic carbocycles. The molecule has 0 spiro atoms. The van der Waals surface area contributed by atoms with E-state index in [2.05, 4.69) is 11.7 Å². The summed E-state index contributed by atoms with van der Waals surface area (Å²) in [6, 6.07) is 0. The molecule has 1 N–H and O–H groups in total. The number of carbonyl (C=O) groups excluding carboxylic acids is 2. The van der Waals surface area contributed by atoms with Crippen molar-refractivity contribution in [1.29, 1.82) is 0 Å². The van der Waals surface area contributed by atoms with Crippen molar-refractivity contribution in [2.75, 3.05) is 12.9 Å². The maximum absolute atomic E-state index is 12.7. The molecule has 1 aliphatic rings. The van der Waals surface area contributed by atoms with Gasteiger partial charge in [-0.3, -0.25) is 9.59 Å². The first-order valence-corrected chi connectivity index (χ1v) is 11.5. The van der Waals surface area contributed by atoms with Crippen molar-refractivity contribution in [3.63, 3.8) is 0 Å². The lowest BCUT2D eigenvalue weighted by molar-refractivity contribution is -0.140. The van der Waals surface area contributed by atoms with Crippen molar-refractivity contribution in [2.45, 2.75) is 77.7 Å². The number of thioether (sulfide) groups is 1. The molecule has 2 atom stereocenters. The van der Waals surface area contributed by atoms with Crippen LogP contribution in [-0.2, 0) is 14.3 Å². The number of unbranched alkanes of at least 4 members (excludes halogenated alkanes) is 5. The number of methoxy groups -OCH3 is 1. The maximum Gasteiger partial charge on any atom is 0.305 e. The molecule has 0 heterocycles. The SMILES string of the molecule is CCCCCC(O)C=CC1C=C(SCC)C(=O)C1=CCCCCCC(=O)OC. The summed E-state index contributed by atoms with van der Waals surface area (Å²) in [5, 5.41) is 10.1. The Kier molecular flexibility index (Phi) is 12.9. The highest BCUT2D eigenvalue weighted by molar-refractivity contribution is 8.04. The summed E-state index contributed by atoms with van der Waals surface area (Å²) in [7, 11) is 1.41. The number of allylic oxidation sites excluding steroid dienone is 5. The summed E-state index contributed by atoms with van der Waals surface area (Å²) in [5.74, 6) is 0.778. The third kappa shape index (κ3) is 9.24. The van der Waals surface area contributed by atoms with E-state index >= 15 is 0 Å². The Morgan fingerprint density at radius 1 is 1.25 bits per heavy atom. The molecule has 28 heavy (non-hydrogen) atoms. The number of esters is 1. The fourth-order valence-corrected chi connectivity index (χ4v) is 3.98. The Balaban J connectivity index is 2.61. The Bertz CT molecular complexity index is 577. The highest BCUT2D eigenvalue weighted by Crippen LogP contribution is 2.34. The van der Waals surface area contributed by atoms with E-state index in [4.69, 9.17) is 0 Å². The highest BCUT2D eigenvalue weighted by Gasteiger charge is 2.28. The van der Waals surface area contributed by atoms with E-state index in [-0.39, 0.29) is 17.7 Å². The van der Waals surface area contributed by atoms with E-state index in [1.54, 1.807) is 11.8 Å². The van der Waals surface area contributed by atoms with Crippen molar-refractivity contribution in [3.8, 4) is 0 Å². The zero-order chi connectivity index (χ0) is 20.8. The molecule has 0 bridgehead atoms. The van der Waals surface area contributed by atoms with Crippen LogP contribution in [0.25, 0.3) is 0 Å². The molecule has 0 saturated heterocycles. The molecule has 1 rings (SSSR count). The van der Waals surface area contributed by atoms with Gasteiger partial charge < -0.3 is 9.84 Å². The second-order valence-electron chi connectivity index (χ2n) is 7.10. The molecule has 5 heteroatoms. The van der Waals surface area contributed by atoms with Crippen molar-refractivity contribution in [3.05, 3.63) is 34.8 Å². The monoisotopic (exact) mass is 408 g/mol. The van der Waals surface area contributed by atoms with Gasteiger partial charge in [0, 0.05) is 17.9 Å². The molecule has 0 aromatic heterocycles. The lowest BCUT2D eigenvalue weighted by Crippen LogP contribution is -2.05. The van der Waals surface area contributed by atoms with Crippen LogP contribution in [0.2, 0.25) is 0 Å². The normalized spacial score (nSPS) is 19.4. The van der Waals surface area contributed by atoms with Crippen LogP contribution in [-0.4, -0.2) is 35.8 Å². The molecule has 158 valence electrons. The number of aliphatic hydroxyl groups excluding tert-OH is 1. The van der Waals surface area contributed by atoms with Gasteiger partial charge in [0.15, 0.2) is 5.78 Å². The average molecular weight is 409 g/mol. The Hall–Kier alpha value is -1.33. The van der Waals surface area contributed by atoms with E-state index in [0.29, 0.717) is 6.42 Å². The number of Topliss-reactive ketones (excluding diaryl/α,β-unsaturated/α-hetero) is 1. The van der Waals surface area contributed by atoms with E-state index < -0.39 is 6.10 Å². The largest absolute Gasteiger partial charge is 0.469 e. The van der Waals surface area contributed by atoms with E-state index in [9.17, 15) is 14.7 Å². The molecule has 0 fully saturated rings. The Morgan fingerprint density at radius 3 is 2.71 bits per heavy atom. The molecular weight excluding hydrogens is 372 g/mol. The number of hydrogen-bond acceptors (Lipinski definition) is 5. The van der Waals surface area contributed by atoms with Crippen LogP contribution in [0.1, 0.15) is 71.6 Å². The van der Waals surface area contributed by atoms with Crippen LogP contribution in [0.5, 0.6) is 0 Å². The quantitative estimate of drug-likeness (QED) is 0.181. The van der Waals surface area contributed by atoms with Gasteiger partial charge in [0.05, 0.1) is 18.1 Å². The molecule has 1 aliphatic carbocycles. The maximum atomic E-state index is 12.7. The molecule has 0 amide bonds. The van der Waals surface area contributed by atoms with Gasteiger partial charge >= 0.3 is 5.97 Å². The Morgan fingerprint density at radius 2 is 2.04 bits per heavy atom. The highest BCUT2D eigenvalue weighted by atomic mass is 32.2. The van der Waals surface area contributed by atoms with Crippen molar-refractivity contribution >= 4 is 23.5 Å². The van der Waals surface area contributed by atoms with Crippen LogP contribution in [0, 0.1) is 5.92 Å². The fourth-order valence-electron chi connectivity index (χ4n) is 3.18. The predicted molar refractivity (Wildman–Crippen MR) is 117 cm³/mol. The van der Waals surface area contributed by atoms with Gasteiger partial charge in [0.25, 0.3) is 0 Å². The fraction of sp³-hybridized carbons (Fsp3) is 0.652. The third-order valence-electron chi connectivity index (χ3n) is 4.80. The summed E-state index contributed by atoms with van der Waals surface area (Å²) in [6.07, 6.45) is 15.5. The molecule has 4 nitrogen and oxygen atoms in total.